The van der Waals surface area contributed by atoms with Crippen LogP contribution in [0.4, 0.5) is 0 Å². The number of benzene rings is 1. The number of pyridine rings is 1. The summed E-state index contributed by atoms with van der Waals surface area (Å²) in [5.74, 6) is 0.684. The lowest BCUT2D eigenvalue weighted by atomic mass is 9.96. The summed E-state index contributed by atoms with van der Waals surface area (Å²) in [6.45, 7) is 0.721. The van der Waals surface area contributed by atoms with E-state index in [0.717, 1.165) is 37.1 Å². The SMILES string of the molecule is O=C(NCCC1CCCCCC1)c1cccc2c(=O)n(C3CC3)ccc12. The lowest BCUT2D eigenvalue weighted by Crippen LogP contribution is -2.27. The van der Waals surface area contributed by atoms with E-state index in [4.69, 9.17) is 0 Å². The highest BCUT2D eigenvalue weighted by molar-refractivity contribution is 6.06. The molecule has 2 saturated carbocycles. The maximum atomic E-state index is 12.7. The van der Waals surface area contributed by atoms with Crippen LogP contribution < -0.4 is 10.9 Å². The van der Waals surface area contributed by atoms with Crippen LogP contribution in [0, 0.1) is 5.92 Å². The van der Waals surface area contributed by atoms with Crippen molar-refractivity contribution in [3.63, 3.8) is 0 Å². The summed E-state index contributed by atoms with van der Waals surface area (Å²) >= 11 is 0. The van der Waals surface area contributed by atoms with Crippen molar-refractivity contribution >= 4 is 16.7 Å². The predicted molar refractivity (Wildman–Crippen MR) is 105 cm³/mol. The predicted octanol–water partition coefficient (Wildman–Crippen LogP) is 4.43. The standard InChI is InChI=1S/C22H28N2O2/c25-21(23-14-12-16-6-3-1-2-4-7-16)19-8-5-9-20-18(19)13-15-24(22(20)26)17-10-11-17/h5,8-9,13,15-17H,1-4,6-7,10-12,14H2,(H,23,25). The lowest BCUT2D eigenvalue weighted by Gasteiger charge is -2.15. The second kappa shape index (κ2) is 7.65. The number of fused-ring (bicyclic) bond motifs is 1. The van der Waals surface area contributed by atoms with Crippen LogP contribution in [0.25, 0.3) is 10.8 Å². The minimum atomic E-state index is -0.0622. The molecule has 0 spiro atoms. The van der Waals surface area contributed by atoms with E-state index < -0.39 is 0 Å². The Kier molecular flexibility index (Phi) is 5.09. The van der Waals surface area contributed by atoms with Gasteiger partial charge in [0.15, 0.2) is 0 Å². The van der Waals surface area contributed by atoms with E-state index in [0.29, 0.717) is 17.0 Å². The highest BCUT2D eigenvalue weighted by atomic mass is 16.1. The molecule has 1 N–H and O–H groups in total. The summed E-state index contributed by atoms with van der Waals surface area (Å²) < 4.78 is 1.82. The molecule has 1 heterocycles. The summed E-state index contributed by atoms with van der Waals surface area (Å²) in [4.78, 5) is 25.4. The van der Waals surface area contributed by atoms with Crippen LogP contribution in [0.5, 0.6) is 0 Å². The third kappa shape index (κ3) is 3.69. The number of nitrogens with one attached hydrogen (secondary N) is 1. The van der Waals surface area contributed by atoms with Crippen LogP contribution in [0.15, 0.2) is 35.3 Å². The van der Waals surface area contributed by atoms with Gasteiger partial charge in [0.2, 0.25) is 0 Å². The number of nitrogens with zero attached hydrogens (tertiary/aromatic N) is 1. The first kappa shape index (κ1) is 17.3. The Morgan fingerprint density at radius 2 is 1.77 bits per heavy atom. The van der Waals surface area contributed by atoms with Crippen LogP contribution in [0.2, 0.25) is 0 Å². The van der Waals surface area contributed by atoms with E-state index >= 15 is 0 Å². The Morgan fingerprint density at radius 1 is 1.00 bits per heavy atom. The van der Waals surface area contributed by atoms with E-state index in [2.05, 4.69) is 5.32 Å². The lowest BCUT2D eigenvalue weighted by molar-refractivity contribution is 0.0952. The van der Waals surface area contributed by atoms with Gasteiger partial charge in [0, 0.05) is 35.1 Å². The molecule has 1 aromatic carbocycles. The summed E-state index contributed by atoms with van der Waals surface area (Å²) in [5, 5.41) is 4.49. The van der Waals surface area contributed by atoms with E-state index in [9.17, 15) is 9.59 Å². The third-order valence-corrected chi connectivity index (χ3v) is 5.97. The minimum Gasteiger partial charge on any atom is -0.352 e. The molecule has 4 rings (SSSR count). The molecule has 1 aromatic heterocycles. The van der Waals surface area contributed by atoms with Gasteiger partial charge in [0.05, 0.1) is 0 Å². The first-order valence-corrected chi connectivity index (χ1v) is 10.2. The first-order chi connectivity index (χ1) is 12.7. The number of rotatable bonds is 5. The second-order valence-electron chi connectivity index (χ2n) is 7.93. The fraction of sp³-hybridized carbons (Fsp3) is 0.545. The van der Waals surface area contributed by atoms with E-state index in [1.54, 1.807) is 0 Å². The molecule has 0 unspecified atom stereocenters. The van der Waals surface area contributed by atoms with Crippen molar-refractivity contribution in [3.05, 3.63) is 46.4 Å². The summed E-state index contributed by atoms with van der Waals surface area (Å²) in [6, 6.07) is 7.75. The van der Waals surface area contributed by atoms with E-state index in [1.165, 1.54) is 38.5 Å². The minimum absolute atomic E-state index is 0.0260. The number of aromatic nitrogens is 1. The van der Waals surface area contributed by atoms with Crippen molar-refractivity contribution in [1.82, 2.24) is 9.88 Å². The molecule has 26 heavy (non-hydrogen) atoms. The average molecular weight is 352 g/mol. The maximum Gasteiger partial charge on any atom is 0.258 e. The van der Waals surface area contributed by atoms with Gasteiger partial charge in [0.1, 0.15) is 0 Å². The molecule has 2 aliphatic rings. The molecule has 1 amide bonds. The molecule has 2 aliphatic carbocycles. The number of carbonyl (C=O) groups is 1. The molecule has 0 saturated heterocycles. The van der Waals surface area contributed by atoms with Gasteiger partial charge in [-0.3, -0.25) is 9.59 Å². The quantitative estimate of drug-likeness (QED) is 0.810. The van der Waals surface area contributed by atoms with Crippen LogP contribution in [0.1, 0.15) is 74.2 Å². The van der Waals surface area contributed by atoms with Crippen molar-refractivity contribution in [2.45, 2.75) is 63.8 Å². The molecule has 4 heteroatoms. The van der Waals surface area contributed by atoms with Gasteiger partial charge in [-0.1, -0.05) is 44.6 Å². The fourth-order valence-corrected chi connectivity index (χ4v) is 4.27. The zero-order valence-electron chi connectivity index (χ0n) is 15.4. The van der Waals surface area contributed by atoms with Crippen molar-refractivity contribution in [3.8, 4) is 0 Å². The van der Waals surface area contributed by atoms with Gasteiger partial charge in [-0.05, 0) is 43.4 Å². The molecule has 2 aromatic rings. The van der Waals surface area contributed by atoms with Crippen LogP contribution in [0.3, 0.4) is 0 Å². The van der Waals surface area contributed by atoms with Gasteiger partial charge in [0.25, 0.3) is 11.5 Å². The number of amides is 1. The zero-order chi connectivity index (χ0) is 17.9. The molecular formula is C22H28N2O2. The fourth-order valence-electron chi connectivity index (χ4n) is 4.27. The maximum absolute atomic E-state index is 12.7. The molecule has 0 radical (unpaired) electrons. The first-order valence-electron chi connectivity index (χ1n) is 10.2. The van der Waals surface area contributed by atoms with Crippen LogP contribution in [-0.2, 0) is 0 Å². The Balaban J connectivity index is 1.46. The Morgan fingerprint density at radius 3 is 2.50 bits per heavy atom. The molecule has 4 nitrogen and oxygen atoms in total. The van der Waals surface area contributed by atoms with E-state index in [1.807, 2.05) is 35.0 Å². The Labute approximate surface area is 154 Å². The number of hydrogen-bond donors (Lipinski definition) is 1. The van der Waals surface area contributed by atoms with Crippen LogP contribution in [-0.4, -0.2) is 17.0 Å². The smallest absolute Gasteiger partial charge is 0.258 e. The van der Waals surface area contributed by atoms with Crippen molar-refractivity contribution in [1.29, 1.82) is 0 Å². The van der Waals surface area contributed by atoms with Gasteiger partial charge in [-0.15, -0.1) is 0 Å². The topological polar surface area (TPSA) is 51.1 Å². The van der Waals surface area contributed by atoms with Crippen LogP contribution >= 0.6 is 0 Å². The van der Waals surface area contributed by atoms with Crippen molar-refractivity contribution in [2.75, 3.05) is 6.54 Å². The Hall–Kier alpha value is -2.10. The van der Waals surface area contributed by atoms with Gasteiger partial charge in [-0.2, -0.15) is 0 Å². The number of carbonyl (C=O) groups excluding carboxylic acids is 1. The normalized spacial score (nSPS) is 18.6. The highest BCUT2D eigenvalue weighted by Gasteiger charge is 2.25. The Bertz CT molecular complexity index is 843. The van der Waals surface area contributed by atoms with Gasteiger partial charge in [-0.25, -0.2) is 0 Å². The van der Waals surface area contributed by atoms with E-state index in [-0.39, 0.29) is 11.5 Å². The van der Waals surface area contributed by atoms with Gasteiger partial charge >= 0.3 is 0 Å². The zero-order valence-corrected chi connectivity index (χ0v) is 15.4. The van der Waals surface area contributed by atoms with Gasteiger partial charge < -0.3 is 9.88 Å². The second-order valence-corrected chi connectivity index (χ2v) is 7.93. The summed E-state index contributed by atoms with van der Waals surface area (Å²) in [7, 11) is 0. The summed E-state index contributed by atoms with van der Waals surface area (Å²) in [5.41, 5.74) is 0.640. The monoisotopic (exact) mass is 352 g/mol. The molecule has 138 valence electrons. The molecule has 0 bridgehead atoms. The third-order valence-electron chi connectivity index (χ3n) is 5.97. The molecular weight excluding hydrogens is 324 g/mol. The van der Waals surface area contributed by atoms with Crippen molar-refractivity contribution < 1.29 is 4.79 Å². The highest BCUT2D eigenvalue weighted by Crippen LogP contribution is 2.33. The molecule has 0 aliphatic heterocycles. The average Bonchev–Trinajstić information content (AvgIpc) is 3.49. The van der Waals surface area contributed by atoms with Crippen molar-refractivity contribution in [2.24, 2.45) is 5.92 Å². The summed E-state index contributed by atoms with van der Waals surface area (Å²) in [6.07, 6.45) is 13.0. The molecule has 2 fully saturated rings. The number of hydrogen-bond acceptors (Lipinski definition) is 2. The molecule has 0 atom stereocenters. The largest absolute Gasteiger partial charge is 0.352 e.